The first kappa shape index (κ1) is 31.6. The number of rotatable bonds is 13. The topological polar surface area (TPSA) is 59.1 Å². The molecule has 2 unspecified atom stereocenters. The molecule has 0 aliphatic carbocycles. The SMILES string of the molecule is CC(C(=O)OCCOCCN1CCN(C(c2ccccc2)c2ccc(Cl)cc2)CC1)c1cccc(C(=O)c2ccccc2)c1. The van der Waals surface area contributed by atoms with Gasteiger partial charge in [0.15, 0.2) is 5.78 Å². The van der Waals surface area contributed by atoms with Gasteiger partial charge >= 0.3 is 5.97 Å². The van der Waals surface area contributed by atoms with Crippen LogP contribution in [0, 0.1) is 0 Å². The monoisotopic (exact) mass is 610 g/mol. The number of hydrogen-bond acceptors (Lipinski definition) is 6. The van der Waals surface area contributed by atoms with Gasteiger partial charge in [0.1, 0.15) is 6.61 Å². The second kappa shape index (κ2) is 15.8. The van der Waals surface area contributed by atoms with Gasteiger partial charge in [-0.05, 0) is 41.8 Å². The molecule has 7 heteroatoms. The fraction of sp³-hybridized carbons (Fsp3) is 0.297. The van der Waals surface area contributed by atoms with E-state index in [1.54, 1.807) is 37.3 Å². The molecule has 228 valence electrons. The van der Waals surface area contributed by atoms with Crippen molar-refractivity contribution in [3.05, 3.63) is 142 Å². The highest BCUT2D eigenvalue weighted by molar-refractivity contribution is 6.30. The number of carbonyl (C=O) groups is 2. The molecule has 1 heterocycles. The molecule has 1 aliphatic heterocycles. The highest BCUT2D eigenvalue weighted by atomic mass is 35.5. The Morgan fingerprint density at radius 1 is 0.705 bits per heavy atom. The molecule has 0 saturated carbocycles. The molecule has 2 atom stereocenters. The fourth-order valence-corrected chi connectivity index (χ4v) is 5.73. The van der Waals surface area contributed by atoms with E-state index in [0.29, 0.717) is 24.3 Å². The van der Waals surface area contributed by atoms with Gasteiger partial charge in [-0.25, -0.2) is 0 Å². The average Bonchev–Trinajstić information content (AvgIpc) is 3.08. The summed E-state index contributed by atoms with van der Waals surface area (Å²) >= 11 is 6.17. The zero-order valence-corrected chi connectivity index (χ0v) is 25.9. The number of piperazine rings is 1. The maximum Gasteiger partial charge on any atom is 0.313 e. The third-order valence-corrected chi connectivity index (χ3v) is 8.39. The van der Waals surface area contributed by atoms with Crippen LogP contribution in [0.15, 0.2) is 109 Å². The number of carbonyl (C=O) groups excluding carboxylic acids is 2. The summed E-state index contributed by atoms with van der Waals surface area (Å²) in [5.41, 5.74) is 4.45. The number of benzene rings is 4. The van der Waals surface area contributed by atoms with Crippen molar-refractivity contribution in [2.24, 2.45) is 0 Å². The summed E-state index contributed by atoms with van der Waals surface area (Å²) in [5, 5.41) is 0.747. The van der Waals surface area contributed by atoms with Crippen LogP contribution < -0.4 is 0 Å². The Labute approximate surface area is 265 Å². The van der Waals surface area contributed by atoms with Gasteiger partial charge in [-0.15, -0.1) is 0 Å². The van der Waals surface area contributed by atoms with Crippen molar-refractivity contribution < 1.29 is 19.1 Å². The Hall–Kier alpha value is -3.81. The van der Waals surface area contributed by atoms with Crippen LogP contribution in [0.2, 0.25) is 5.02 Å². The molecule has 44 heavy (non-hydrogen) atoms. The third kappa shape index (κ3) is 8.42. The summed E-state index contributed by atoms with van der Waals surface area (Å²) in [7, 11) is 0. The molecule has 1 aliphatic rings. The number of halogens is 1. The molecule has 4 aromatic rings. The maximum atomic E-state index is 12.8. The first-order chi connectivity index (χ1) is 21.5. The Morgan fingerprint density at radius 2 is 1.32 bits per heavy atom. The van der Waals surface area contributed by atoms with Gasteiger partial charge in [0, 0.05) is 48.9 Å². The van der Waals surface area contributed by atoms with E-state index in [1.807, 2.05) is 36.4 Å². The van der Waals surface area contributed by atoms with Crippen LogP contribution >= 0.6 is 11.6 Å². The van der Waals surface area contributed by atoms with E-state index in [-0.39, 0.29) is 24.4 Å². The maximum absolute atomic E-state index is 12.8. The van der Waals surface area contributed by atoms with E-state index in [4.69, 9.17) is 21.1 Å². The van der Waals surface area contributed by atoms with Gasteiger partial charge < -0.3 is 9.47 Å². The van der Waals surface area contributed by atoms with E-state index < -0.39 is 5.92 Å². The van der Waals surface area contributed by atoms with E-state index in [2.05, 4.69) is 52.3 Å². The second-order valence-corrected chi connectivity index (χ2v) is 11.5. The number of hydrogen-bond donors (Lipinski definition) is 0. The molecule has 1 saturated heterocycles. The lowest BCUT2D eigenvalue weighted by molar-refractivity contribution is -0.146. The highest BCUT2D eigenvalue weighted by Gasteiger charge is 2.26. The lowest BCUT2D eigenvalue weighted by Gasteiger charge is -2.39. The predicted octanol–water partition coefficient (Wildman–Crippen LogP) is 6.64. The lowest BCUT2D eigenvalue weighted by atomic mass is 9.96. The Bertz CT molecular complexity index is 1490. The molecule has 0 N–H and O–H groups in total. The predicted molar refractivity (Wildman–Crippen MR) is 174 cm³/mol. The van der Waals surface area contributed by atoms with Gasteiger partial charge in [-0.3, -0.25) is 19.4 Å². The molecule has 4 aromatic carbocycles. The van der Waals surface area contributed by atoms with E-state index >= 15 is 0 Å². The van der Waals surface area contributed by atoms with Gasteiger partial charge in [0.25, 0.3) is 0 Å². The lowest BCUT2D eigenvalue weighted by Crippen LogP contribution is -2.48. The van der Waals surface area contributed by atoms with Gasteiger partial charge in [0.2, 0.25) is 0 Å². The molecule has 6 nitrogen and oxygen atoms in total. The zero-order chi connectivity index (χ0) is 30.7. The molecule has 5 rings (SSSR count). The van der Waals surface area contributed by atoms with Crippen LogP contribution in [-0.2, 0) is 14.3 Å². The first-order valence-electron chi connectivity index (χ1n) is 15.2. The fourth-order valence-electron chi connectivity index (χ4n) is 5.60. The van der Waals surface area contributed by atoms with E-state index in [9.17, 15) is 9.59 Å². The molecule has 0 aromatic heterocycles. The minimum atomic E-state index is -0.484. The van der Waals surface area contributed by atoms with Crippen LogP contribution in [0.4, 0.5) is 0 Å². The molecule has 1 fully saturated rings. The van der Waals surface area contributed by atoms with Crippen LogP contribution in [-0.4, -0.2) is 74.1 Å². The Balaban J connectivity index is 1.02. The van der Waals surface area contributed by atoms with Crippen molar-refractivity contribution in [2.45, 2.75) is 18.9 Å². The average molecular weight is 611 g/mol. The van der Waals surface area contributed by atoms with Crippen molar-refractivity contribution in [1.82, 2.24) is 9.80 Å². The number of esters is 1. The summed E-state index contributed by atoms with van der Waals surface area (Å²) in [4.78, 5) is 30.5. The van der Waals surface area contributed by atoms with Crippen LogP contribution in [0.3, 0.4) is 0 Å². The Kier molecular flexibility index (Phi) is 11.3. The van der Waals surface area contributed by atoms with Gasteiger partial charge in [0.05, 0.1) is 25.2 Å². The summed E-state index contributed by atoms with van der Waals surface area (Å²) in [6, 6.07) is 35.3. The Morgan fingerprint density at radius 3 is 2.02 bits per heavy atom. The van der Waals surface area contributed by atoms with Crippen LogP contribution in [0.5, 0.6) is 0 Å². The number of ether oxygens (including phenoxy) is 2. The minimum Gasteiger partial charge on any atom is -0.463 e. The summed E-state index contributed by atoms with van der Waals surface area (Å²) < 4.78 is 11.3. The first-order valence-corrected chi connectivity index (χ1v) is 15.6. The smallest absolute Gasteiger partial charge is 0.313 e. The molecular weight excluding hydrogens is 572 g/mol. The normalized spacial score (nSPS) is 15.4. The van der Waals surface area contributed by atoms with E-state index in [1.165, 1.54) is 11.1 Å². The van der Waals surface area contributed by atoms with Crippen molar-refractivity contribution >= 4 is 23.4 Å². The number of ketones is 1. The standard InChI is InChI=1S/C37H39ClN2O4/c1-28(32-13-8-14-33(27-32)36(41)31-11-6-3-7-12-31)37(42)44-26-25-43-24-23-39-19-21-40(22-20-39)35(29-9-4-2-5-10-29)30-15-17-34(38)18-16-30/h2-18,27-28,35H,19-26H2,1H3. The molecule has 0 spiro atoms. The zero-order valence-electron chi connectivity index (χ0n) is 25.1. The summed E-state index contributed by atoms with van der Waals surface area (Å²) in [5.74, 6) is -0.884. The molecule has 0 amide bonds. The van der Waals surface area contributed by atoms with E-state index in [0.717, 1.165) is 43.3 Å². The molecule has 0 bridgehead atoms. The molecule has 0 radical (unpaired) electrons. The number of nitrogens with zero attached hydrogens (tertiary/aromatic N) is 2. The quantitative estimate of drug-likeness (QED) is 0.0961. The highest BCUT2D eigenvalue weighted by Crippen LogP contribution is 2.30. The minimum absolute atomic E-state index is 0.0691. The molecular formula is C37H39ClN2O4. The van der Waals surface area contributed by atoms with Crippen LogP contribution in [0.1, 0.15) is 51.5 Å². The van der Waals surface area contributed by atoms with Crippen molar-refractivity contribution in [2.75, 3.05) is 52.5 Å². The van der Waals surface area contributed by atoms with Crippen molar-refractivity contribution in [3.63, 3.8) is 0 Å². The van der Waals surface area contributed by atoms with Crippen LogP contribution in [0.25, 0.3) is 0 Å². The van der Waals surface area contributed by atoms with Gasteiger partial charge in [-0.2, -0.15) is 0 Å². The van der Waals surface area contributed by atoms with Crippen molar-refractivity contribution in [1.29, 1.82) is 0 Å². The summed E-state index contributed by atoms with van der Waals surface area (Å²) in [6.07, 6.45) is 0. The second-order valence-electron chi connectivity index (χ2n) is 11.1. The van der Waals surface area contributed by atoms with Crippen molar-refractivity contribution in [3.8, 4) is 0 Å². The third-order valence-electron chi connectivity index (χ3n) is 8.14. The van der Waals surface area contributed by atoms with Gasteiger partial charge in [-0.1, -0.05) is 103 Å². The largest absolute Gasteiger partial charge is 0.463 e. The summed E-state index contributed by atoms with van der Waals surface area (Å²) in [6.45, 7) is 7.57.